The van der Waals surface area contributed by atoms with E-state index in [4.69, 9.17) is 0 Å². The first kappa shape index (κ1) is 18.4. The lowest BCUT2D eigenvalue weighted by Crippen LogP contribution is -2.39. The molecule has 1 aliphatic carbocycles. The minimum absolute atomic E-state index is 0.182. The van der Waals surface area contributed by atoms with Gasteiger partial charge in [0.25, 0.3) is 11.5 Å². The summed E-state index contributed by atoms with van der Waals surface area (Å²) in [7, 11) is 1.70. The molecule has 4 rings (SSSR count). The van der Waals surface area contributed by atoms with Gasteiger partial charge in [0, 0.05) is 30.5 Å². The average Bonchev–Trinajstić information content (AvgIpc) is 3.19. The largest absolute Gasteiger partial charge is 0.351 e. The van der Waals surface area contributed by atoms with Gasteiger partial charge in [0.05, 0.1) is 11.1 Å². The summed E-state index contributed by atoms with van der Waals surface area (Å²) in [4.78, 5) is 25.3. The summed E-state index contributed by atoms with van der Waals surface area (Å²) in [6, 6.07) is 15.4. The zero-order chi connectivity index (χ0) is 19.7. The summed E-state index contributed by atoms with van der Waals surface area (Å²) in [6.45, 7) is 0.473. The number of nitrogens with one attached hydrogen (secondary N) is 1. The van der Waals surface area contributed by atoms with Gasteiger partial charge in [0.15, 0.2) is 0 Å². The van der Waals surface area contributed by atoms with Crippen molar-refractivity contribution in [1.82, 2.24) is 9.88 Å². The Balaban J connectivity index is 1.64. The third-order valence-electron chi connectivity index (χ3n) is 6.00. The Bertz CT molecular complexity index is 1080. The van der Waals surface area contributed by atoms with Gasteiger partial charge in [-0.2, -0.15) is 0 Å². The Morgan fingerprint density at radius 1 is 1.11 bits per heavy atom. The minimum Gasteiger partial charge on any atom is -0.351 e. The van der Waals surface area contributed by atoms with Crippen molar-refractivity contribution in [3.8, 4) is 0 Å². The third kappa shape index (κ3) is 3.21. The maximum atomic E-state index is 13.4. The molecule has 1 aromatic heterocycles. The average molecular weight is 378 g/mol. The van der Waals surface area contributed by atoms with Crippen LogP contribution in [0.5, 0.6) is 0 Å². The molecule has 1 fully saturated rings. The van der Waals surface area contributed by atoms with Crippen LogP contribution in [0, 0.1) is 5.82 Å². The number of pyridine rings is 1. The fourth-order valence-electron chi connectivity index (χ4n) is 4.37. The van der Waals surface area contributed by atoms with Gasteiger partial charge in [-0.15, -0.1) is 0 Å². The van der Waals surface area contributed by atoms with Gasteiger partial charge < -0.3 is 9.88 Å². The normalized spacial score (nSPS) is 15.6. The Morgan fingerprint density at radius 2 is 1.79 bits per heavy atom. The molecule has 4 nitrogen and oxygen atoms in total. The van der Waals surface area contributed by atoms with Gasteiger partial charge in [-0.1, -0.05) is 43.2 Å². The predicted molar refractivity (Wildman–Crippen MR) is 108 cm³/mol. The van der Waals surface area contributed by atoms with Gasteiger partial charge >= 0.3 is 0 Å². The van der Waals surface area contributed by atoms with Crippen molar-refractivity contribution in [2.24, 2.45) is 7.05 Å². The van der Waals surface area contributed by atoms with Crippen LogP contribution in [0.2, 0.25) is 0 Å². The van der Waals surface area contributed by atoms with Crippen molar-refractivity contribution in [3.05, 3.63) is 81.9 Å². The van der Waals surface area contributed by atoms with Crippen LogP contribution in [0.4, 0.5) is 4.39 Å². The zero-order valence-electron chi connectivity index (χ0n) is 15.9. The number of aryl methyl sites for hydroxylation is 1. The smallest absolute Gasteiger partial charge is 0.252 e. The molecule has 3 aromatic rings. The molecule has 1 N–H and O–H groups in total. The van der Waals surface area contributed by atoms with E-state index in [1.807, 2.05) is 36.4 Å². The molecule has 0 spiro atoms. The second-order valence-corrected chi connectivity index (χ2v) is 7.65. The molecular weight excluding hydrogens is 355 g/mol. The maximum absolute atomic E-state index is 13.4. The highest BCUT2D eigenvalue weighted by atomic mass is 19.1. The number of halogens is 1. The molecule has 28 heavy (non-hydrogen) atoms. The highest BCUT2D eigenvalue weighted by Gasteiger charge is 2.36. The Morgan fingerprint density at radius 3 is 2.50 bits per heavy atom. The summed E-state index contributed by atoms with van der Waals surface area (Å²) in [6.07, 6.45) is 4.08. The van der Waals surface area contributed by atoms with Crippen LogP contribution in [-0.2, 0) is 12.5 Å². The molecule has 144 valence electrons. The third-order valence-corrected chi connectivity index (χ3v) is 6.00. The van der Waals surface area contributed by atoms with Crippen molar-refractivity contribution in [2.45, 2.75) is 31.1 Å². The number of rotatable bonds is 4. The highest BCUT2D eigenvalue weighted by molar-refractivity contribution is 6.06. The van der Waals surface area contributed by atoms with E-state index in [9.17, 15) is 14.0 Å². The van der Waals surface area contributed by atoms with Crippen LogP contribution in [-0.4, -0.2) is 17.0 Å². The molecule has 5 heteroatoms. The molecule has 2 aromatic carbocycles. The molecule has 1 aliphatic rings. The van der Waals surface area contributed by atoms with Crippen LogP contribution < -0.4 is 10.9 Å². The van der Waals surface area contributed by atoms with Crippen LogP contribution in [0.3, 0.4) is 0 Å². The van der Waals surface area contributed by atoms with Gasteiger partial charge in [0.1, 0.15) is 5.82 Å². The van der Waals surface area contributed by atoms with Crippen molar-refractivity contribution in [2.75, 3.05) is 6.54 Å². The van der Waals surface area contributed by atoms with Crippen LogP contribution in [0.1, 0.15) is 41.6 Å². The lowest BCUT2D eigenvalue weighted by molar-refractivity contribution is 0.0944. The summed E-state index contributed by atoms with van der Waals surface area (Å²) in [5, 5.41) is 3.81. The lowest BCUT2D eigenvalue weighted by atomic mass is 9.78. The van der Waals surface area contributed by atoms with Crippen molar-refractivity contribution >= 4 is 16.8 Å². The highest BCUT2D eigenvalue weighted by Crippen LogP contribution is 2.40. The fraction of sp³-hybridized carbons (Fsp3) is 0.304. The van der Waals surface area contributed by atoms with E-state index < -0.39 is 0 Å². The first-order valence-corrected chi connectivity index (χ1v) is 9.63. The number of amides is 1. The van der Waals surface area contributed by atoms with Gasteiger partial charge in [-0.25, -0.2) is 4.39 Å². The number of fused-ring (bicyclic) bond motifs is 1. The van der Waals surface area contributed by atoms with Crippen LogP contribution in [0.25, 0.3) is 10.9 Å². The molecule has 1 saturated carbocycles. The van der Waals surface area contributed by atoms with E-state index in [1.54, 1.807) is 11.6 Å². The minimum atomic E-state index is -0.257. The van der Waals surface area contributed by atoms with Crippen molar-refractivity contribution in [1.29, 1.82) is 0 Å². The number of hydrogen-bond acceptors (Lipinski definition) is 2. The Hall–Kier alpha value is -2.95. The van der Waals surface area contributed by atoms with E-state index >= 15 is 0 Å². The zero-order valence-corrected chi connectivity index (χ0v) is 15.9. The fourth-order valence-corrected chi connectivity index (χ4v) is 4.37. The van der Waals surface area contributed by atoms with Gasteiger partial charge in [0.2, 0.25) is 0 Å². The molecule has 0 radical (unpaired) electrons. The molecule has 0 atom stereocenters. The number of aromatic nitrogens is 1. The summed E-state index contributed by atoms with van der Waals surface area (Å²) >= 11 is 0. The molecular formula is C23H23FN2O2. The van der Waals surface area contributed by atoms with Crippen LogP contribution >= 0.6 is 0 Å². The molecule has 0 aliphatic heterocycles. The second-order valence-electron chi connectivity index (χ2n) is 7.65. The molecule has 0 bridgehead atoms. The summed E-state index contributed by atoms with van der Waals surface area (Å²) < 4.78 is 14.9. The standard InChI is InChI=1S/C23H23FN2O2/c1-26-20-7-3-2-6-18(20)19(14-21(26)27)22(28)25-15-23(12-4-5-13-23)16-8-10-17(24)11-9-16/h2-3,6-11,14H,4-5,12-13,15H2,1H3,(H,25,28). The lowest BCUT2D eigenvalue weighted by Gasteiger charge is -2.30. The molecule has 0 saturated heterocycles. The maximum Gasteiger partial charge on any atom is 0.252 e. The summed E-state index contributed by atoms with van der Waals surface area (Å²) in [5.41, 5.74) is 1.79. The first-order chi connectivity index (χ1) is 13.5. The number of carbonyl (C=O) groups is 1. The monoisotopic (exact) mass is 378 g/mol. The van der Waals surface area contributed by atoms with E-state index in [-0.39, 0.29) is 22.7 Å². The van der Waals surface area contributed by atoms with E-state index in [1.165, 1.54) is 18.2 Å². The number of carbonyl (C=O) groups excluding carboxylic acids is 1. The number of nitrogens with zero attached hydrogens (tertiary/aromatic N) is 1. The topological polar surface area (TPSA) is 51.1 Å². The van der Waals surface area contributed by atoms with E-state index in [0.29, 0.717) is 12.1 Å². The van der Waals surface area contributed by atoms with Gasteiger partial charge in [-0.05, 0) is 36.6 Å². The van der Waals surface area contributed by atoms with Crippen molar-refractivity contribution < 1.29 is 9.18 Å². The summed E-state index contributed by atoms with van der Waals surface area (Å²) in [5.74, 6) is -0.505. The van der Waals surface area contributed by atoms with E-state index in [0.717, 1.165) is 42.1 Å². The van der Waals surface area contributed by atoms with Crippen molar-refractivity contribution in [3.63, 3.8) is 0 Å². The number of para-hydroxylation sites is 1. The van der Waals surface area contributed by atoms with E-state index in [2.05, 4.69) is 5.32 Å². The Labute approximate surface area is 163 Å². The van der Waals surface area contributed by atoms with Gasteiger partial charge in [-0.3, -0.25) is 9.59 Å². The predicted octanol–water partition coefficient (Wildman–Crippen LogP) is 3.92. The number of hydrogen-bond donors (Lipinski definition) is 1. The molecule has 1 amide bonds. The SMILES string of the molecule is Cn1c(=O)cc(C(=O)NCC2(c3ccc(F)cc3)CCCC2)c2ccccc21. The Kier molecular flexibility index (Phi) is 4.75. The molecule has 1 heterocycles. The second kappa shape index (κ2) is 7.23. The quantitative estimate of drug-likeness (QED) is 0.748. The first-order valence-electron chi connectivity index (χ1n) is 9.63. The van der Waals surface area contributed by atoms with Crippen LogP contribution in [0.15, 0.2) is 59.4 Å². The molecule has 0 unspecified atom stereocenters. The number of benzene rings is 2.